The van der Waals surface area contributed by atoms with Crippen molar-refractivity contribution in [3.05, 3.63) is 46.6 Å². The van der Waals surface area contributed by atoms with E-state index < -0.39 is 11.4 Å². The molecule has 2 aromatic rings. The van der Waals surface area contributed by atoms with E-state index >= 15 is 0 Å². The van der Waals surface area contributed by atoms with E-state index in [0.29, 0.717) is 10.8 Å². The largest absolute Gasteiger partial charge is 0.462 e. The number of carbonyl (C=O) groups excluding carboxylic acids is 2. The average Bonchev–Trinajstić information content (AvgIpc) is 3.28. The molecule has 0 saturated heterocycles. The van der Waals surface area contributed by atoms with E-state index in [1.54, 1.807) is 20.0 Å². The second kappa shape index (κ2) is 6.28. The molecule has 1 aromatic carbocycles. The molecule has 0 spiro atoms. The van der Waals surface area contributed by atoms with Crippen LogP contribution in [0.1, 0.15) is 35.7 Å². The van der Waals surface area contributed by atoms with Gasteiger partial charge in [-0.15, -0.1) is 0 Å². The molecule has 24 heavy (non-hydrogen) atoms. The summed E-state index contributed by atoms with van der Waals surface area (Å²) in [6, 6.07) is 7.34. The molecule has 0 radical (unpaired) electrons. The first-order chi connectivity index (χ1) is 11.5. The lowest BCUT2D eigenvalue weighted by Gasteiger charge is -2.17. The standard InChI is InChI=1S/C17H18ClN3O3/c1-3-24-15(22)11-10-19-21(2)14(11)20-16(23)17(8-9-17)12-6-4-5-7-13(12)18/h4-7,10H,3,8-9H2,1-2H3,(H,20,23). The first kappa shape index (κ1) is 16.5. The van der Waals surface area contributed by atoms with E-state index in [4.69, 9.17) is 16.3 Å². The molecule has 1 heterocycles. The van der Waals surface area contributed by atoms with Crippen molar-refractivity contribution in [3.63, 3.8) is 0 Å². The van der Waals surface area contributed by atoms with Crippen molar-refractivity contribution in [3.8, 4) is 0 Å². The molecule has 1 fully saturated rings. The van der Waals surface area contributed by atoms with Gasteiger partial charge in [-0.25, -0.2) is 4.79 Å². The normalized spacial score (nSPS) is 15.0. The van der Waals surface area contributed by atoms with Gasteiger partial charge in [0.15, 0.2) is 0 Å². The predicted molar refractivity (Wildman–Crippen MR) is 90.2 cm³/mol. The first-order valence-corrected chi connectivity index (χ1v) is 8.13. The van der Waals surface area contributed by atoms with Crippen molar-refractivity contribution in [2.75, 3.05) is 11.9 Å². The molecule has 0 bridgehead atoms. The van der Waals surface area contributed by atoms with Gasteiger partial charge in [0.2, 0.25) is 5.91 Å². The van der Waals surface area contributed by atoms with Crippen LogP contribution < -0.4 is 5.32 Å². The Bertz CT molecular complexity index is 796. The smallest absolute Gasteiger partial charge is 0.343 e. The zero-order valence-corrected chi connectivity index (χ0v) is 14.3. The third-order valence-corrected chi connectivity index (χ3v) is 4.57. The van der Waals surface area contributed by atoms with Crippen LogP contribution in [0.4, 0.5) is 5.82 Å². The minimum absolute atomic E-state index is 0.190. The van der Waals surface area contributed by atoms with Gasteiger partial charge in [0.1, 0.15) is 11.4 Å². The summed E-state index contributed by atoms with van der Waals surface area (Å²) in [6.07, 6.45) is 2.83. The second-order valence-electron chi connectivity index (χ2n) is 5.77. The Labute approximate surface area is 144 Å². The average molecular weight is 348 g/mol. The number of rotatable bonds is 5. The Hall–Kier alpha value is -2.34. The quantitative estimate of drug-likeness (QED) is 0.844. The van der Waals surface area contributed by atoms with Gasteiger partial charge in [-0.2, -0.15) is 5.10 Å². The number of carbonyl (C=O) groups is 2. The fraction of sp³-hybridized carbons (Fsp3) is 0.353. The van der Waals surface area contributed by atoms with Gasteiger partial charge in [-0.1, -0.05) is 29.8 Å². The maximum absolute atomic E-state index is 12.9. The molecule has 1 aliphatic carbocycles. The maximum Gasteiger partial charge on any atom is 0.343 e. The number of ether oxygens (including phenoxy) is 1. The van der Waals surface area contributed by atoms with Gasteiger partial charge in [-0.05, 0) is 31.4 Å². The Morgan fingerprint density at radius 3 is 2.71 bits per heavy atom. The van der Waals surface area contributed by atoms with Crippen LogP contribution in [0.15, 0.2) is 30.5 Å². The molecule has 1 saturated carbocycles. The molecule has 1 N–H and O–H groups in total. The number of aryl methyl sites for hydroxylation is 1. The summed E-state index contributed by atoms with van der Waals surface area (Å²) in [5.41, 5.74) is 0.404. The molecular weight excluding hydrogens is 330 g/mol. The van der Waals surface area contributed by atoms with Crippen LogP contribution in [-0.4, -0.2) is 28.3 Å². The molecule has 7 heteroatoms. The van der Waals surface area contributed by atoms with Gasteiger partial charge >= 0.3 is 5.97 Å². The van der Waals surface area contributed by atoms with Gasteiger partial charge in [0.05, 0.1) is 18.2 Å². The molecule has 1 aromatic heterocycles. The van der Waals surface area contributed by atoms with Crippen LogP contribution in [0.5, 0.6) is 0 Å². The number of esters is 1. The summed E-state index contributed by atoms with van der Waals surface area (Å²) in [4.78, 5) is 24.9. The van der Waals surface area contributed by atoms with E-state index in [0.717, 1.165) is 18.4 Å². The highest BCUT2D eigenvalue weighted by atomic mass is 35.5. The Balaban J connectivity index is 1.87. The molecule has 0 aliphatic heterocycles. The summed E-state index contributed by atoms with van der Waals surface area (Å²) >= 11 is 6.26. The Morgan fingerprint density at radius 2 is 2.08 bits per heavy atom. The molecule has 1 amide bonds. The van der Waals surface area contributed by atoms with E-state index in [-0.39, 0.29) is 18.1 Å². The van der Waals surface area contributed by atoms with Crippen LogP contribution in [0.3, 0.4) is 0 Å². The minimum Gasteiger partial charge on any atom is -0.462 e. The number of hydrogen-bond donors (Lipinski definition) is 1. The van der Waals surface area contributed by atoms with E-state index in [1.807, 2.05) is 18.2 Å². The van der Waals surface area contributed by atoms with Crippen molar-refractivity contribution in [1.82, 2.24) is 9.78 Å². The van der Waals surface area contributed by atoms with Crippen molar-refractivity contribution in [2.45, 2.75) is 25.2 Å². The zero-order chi connectivity index (χ0) is 17.3. The number of amides is 1. The summed E-state index contributed by atoms with van der Waals surface area (Å²) in [5, 5.41) is 7.44. The fourth-order valence-electron chi connectivity index (χ4n) is 2.76. The van der Waals surface area contributed by atoms with Crippen LogP contribution >= 0.6 is 11.6 Å². The van der Waals surface area contributed by atoms with Crippen LogP contribution in [0.2, 0.25) is 5.02 Å². The minimum atomic E-state index is -0.644. The highest BCUT2D eigenvalue weighted by Gasteiger charge is 2.52. The topological polar surface area (TPSA) is 73.2 Å². The lowest BCUT2D eigenvalue weighted by Crippen LogP contribution is -2.29. The highest BCUT2D eigenvalue weighted by Crippen LogP contribution is 2.51. The van der Waals surface area contributed by atoms with Gasteiger partial charge < -0.3 is 10.1 Å². The van der Waals surface area contributed by atoms with Crippen molar-refractivity contribution in [2.24, 2.45) is 7.05 Å². The van der Waals surface area contributed by atoms with Crippen LogP contribution in [0.25, 0.3) is 0 Å². The number of nitrogens with zero attached hydrogens (tertiary/aromatic N) is 2. The second-order valence-corrected chi connectivity index (χ2v) is 6.17. The maximum atomic E-state index is 12.9. The Morgan fingerprint density at radius 1 is 1.38 bits per heavy atom. The third-order valence-electron chi connectivity index (χ3n) is 4.24. The summed E-state index contributed by atoms with van der Waals surface area (Å²) in [6.45, 7) is 1.98. The number of anilines is 1. The molecule has 0 atom stereocenters. The third kappa shape index (κ3) is 2.78. The monoisotopic (exact) mass is 347 g/mol. The van der Waals surface area contributed by atoms with Gasteiger partial charge in [0, 0.05) is 12.1 Å². The fourth-order valence-corrected chi connectivity index (χ4v) is 3.08. The van der Waals surface area contributed by atoms with E-state index in [2.05, 4.69) is 10.4 Å². The predicted octanol–water partition coefficient (Wildman–Crippen LogP) is 2.92. The van der Waals surface area contributed by atoms with Crippen molar-refractivity contribution in [1.29, 1.82) is 0 Å². The summed E-state index contributed by atoms with van der Waals surface area (Å²) < 4.78 is 6.46. The number of benzene rings is 1. The number of aromatic nitrogens is 2. The number of halogens is 1. The summed E-state index contributed by atoms with van der Waals surface area (Å²) in [7, 11) is 1.66. The Kier molecular flexibility index (Phi) is 4.32. The van der Waals surface area contributed by atoms with Crippen molar-refractivity contribution >= 4 is 29.3 Å². The SMILES string of the molecule is CCOC(=O)c1cnn(C)c1NC(=O)C1(c2ccccc2Cl)CC1. The molecule has 6 nitrogen and oxygen atoms in total. The molecule has 3 rings (SSSR count). The summed E-state index contributed by atoms with van der Waals surface area (Å²) in [5.74, 6) is -0.370. The van der Waals surface area contributed by atoms with Crippen molar-refractivity contribution < 1.29 is 14.3 Å². The first-order valence-electron chi connectivity index (χ1n) is 7.75. The van der Waals surface area contributed by atoms with Crippen LogP contribution in [0, 0.1) is 0 Å². The molecule has 0 unspecified atom stereocenters. The lowest BCUT2D eigenvalue weighted by molar-refractivity contribution is -0.118. The number of nitrogens with one attached hydrogen (secondary N) is 1. The molecule has 1 aliphatic rings. The van der Waals surface area contributed by atoms with Crippen LogP contribution in [-0.2, 0) is 22.0 Å². The van der Waals surface area contributed by atoms with E-state index in [9.17, 15) is 9.59 Å². The zero-order valence-electron chi connectivity index (χ0n) is 13.5. The number of hydrogen-bond acceptors (Lipinski definition) is 4. The molecule has 126 valence electrons. The highest BCUT2D eigenvalue weighted by molar-refractivity contribution is 6.32. The molecular formula is C17H18ClN3O3. The lowest BCUT2D eigenvalue weighted by atomic mass is 9.95. The van der Waals surface area contributed by atoms with Gasteiger partial charge in [-0.3, -0.25) is 9.48 Å². The van der Waals surface area contributed by atoms with E-state index in [1.165, 1.54) is 10.9 Å². The van der Waals surface area contributed by atoms with Gasteiger partial charge in [0.25, 0.3) is 0 Å².